The van der Waals surface area contributed by atoms with E-state index in [-0.39, 0.29) is 14.0 Å². The molecule has 2 aliphatic carbocycles. The van der Waals surface area contributed by atoms with Crippen molar-refractivity contribution in [1.82, 2.24) is 0 Å². The average molecular weight is 931 g/mol. The number of hydrogen-bond donors (Lipinski definition) is 7. The van der Waals surface area contributed by atoms with Gasteiger partial charge in [-0.1, -0.05) is 56.0 Å². The predicted molar refractivity (Wildman–Crippen MR) is 241 cm³/mol. The average Bonchev–Trinajstić information content (AvgIpc) is 4.29. The number of carbonyl (C=O) groups is 1. The Morgan fingerprint density at radius 1 is 0.552 bits per heavy atom. The standard InChI is InChI=1S/C26H30O9.C24H28O7.CH4/c1-31-26(30)34-13-21-22(27)23(28)24(29)25(35-21)16-5-6-18(15-3-4-15)17(12-16)10-14-2-7-19-20(11-14)33-9-8-32-19;25-12-20-21(26)22(27)23(28)24(31-20)15-4-5-17(14-2-3-14)16(11-15)9-13-1-6-18-19(10-13)30-8-7-29-18;/h2,5-7,11-12,15,21-25,27-29H,3-4,8-10,13H2,1H3;1,4-6,10-11,14,20-28H,2-3,7-9,12H2;1H4/t21-,22-,23+,24-,25+;20-,21-,22+,23-,24+;/m11./s1. The van der Waals surface area contributed by atoms with Crippen molar-refractivity contribution >= 4 is 6.16 Å². The molecular formula is C51H62O16. The molecule has 10 rings (SSSR count). The normalized spacial score (nSPS) is 28.5. The summed E-state index contributed by atoms with van der Waals surface area (Å²) in [6.45, 7) is 1.39. The maximum atomic E-state index is 11.4. The molecule has 0 radical (unpaired) electrons. The minimum atomic E-state index is -1.47. The van der Waals surface area contributed by atoms with E-state index in [0.717, 1.165) is 70.9 Å². The number of hydrogen-bond acceptors (Lipinski definition) is 16. The lowest BCUT2D eigenvalue weighted by atomic mass is 9.88. The van der Waals surface area contributed by atoms with E-state index in [2.05, 4.69) is 10.8 Å². The summed E-state index contributed by atoms with van der Waals surface area (Å²) in [7, 11) is 1.17. The molecule has 0 aromatic heterocycles. The van der Waals surface area contributed by atoms with E-state index in [9.17, 15) is 40.5 Å². The quantitative estimate of drug-likeness (QED) is 0.104. The third-order valence-electron chi connectivity index (χ3n) is 13.2. The van der Waals surface area contributed by atoms with Crippen molar-refractivity contribution in [3.8, 4) is 23.0 Å². The first-order valence-corrected chi connectivity index (χ1v) is 22.7. The Kier molecular flexibility index (Phi) is 15.3. The van der Waals surface area contributed by atoms with Gasteiger partial charge in [0.15, 0.2) is 23.0 Å². The minimum Gasteiger partial charge on any atom is -0.486 e. The number of methoxy groups -OCH3 is 1. The number of benzene rings is 4. The van der Waals surface area contributed by atoms with Crippen LogP contribution in [0.3, 0.4) is 0 Å². The molecule has 7 N–H and O–H groups in total. The molecule has 2 saturated carbocycles. The first-order chi connectivity index (χ1) is 32.0. The van der Waals surface area contributed by atoms with E-state index in [1.54, 1.807) is 0 Å². The van der Waals surface area contributed by atoms with Crippen LogP contribution in [0.1, 0.15) is 102 Å². The summed E-state index contributed by atoms with van der Waals surface area (Å²) in [5.41, 5.74) is 8.31. The highest BCUT2D eigenvalue weighted by Gasteiger charge is 2.46. The predicted octanol–water partition coefficient (Wildman–Crippen LogP) is 4.31. The van der Waals surface area contributed by atoms with Gasteiger partial charge < -0.3 is 73.6 Å². The zero-order chi connectivity index (χ0) is 46.1. The summed E-state index contributed by atoms with van der Waals surface area (Å²) >= 11 is 0. The van der Waals surface area contributed by atoms with Crippen LogP contribution in [0.4, 0.5) is 4.79 Å². The molecule has 4 aliphatic heterocycles. The van der Waals surface area contributed by atoms with E-state index < -0.39 is 73.8 Å². The van der Waals surface area contributed by atoms with Gasteiger partial charge in [-0.3, -0.25) is 0 Å². The Morgan fingerprint density at radius 2 is 0.985 bits per heavy atom. The fraction of sp³-hybridized carbons (Fsp3) is 0.510. The van der Waals surface area contributed by atoms with Crippen LogP contribution in [0.25, 0.3) is 0 Å². The summed E-state index contributed by atoms with van der Waals surface area (Å²) < 4.78 is 43.8. The second-order valence-corrected chi connectivity index (χ2v) is 17.9. The van der Waals surface area contributed by atoms with Gasteiger partial charge in [-0.25, -0.2) is 4.79 Å². The van der Waals surface area contributed by atoms with Gasteiger partial charge in [0.05, 0.1) is 13.7 Å². The van der Waals surface area contributed by atoms with Gasteiger partial charge in [-0.2, -0.15) is 0 Å². The summed E-state index contributed by atoms with van der Waals surface area (Å²) in [4.78, 5) is 11.4. The van der Waals surface area contributed by atoms with Crippen LogP contribution in [0.15, 0.2) is 72.8 Å². The van der Waals surface area contributed by atoms with Gasteiger partial charge in [0, 0.05) is 0 Å². The molecule has 6 aliphatic rings. The molecule has 16 heteroatoms. The number of fused-ring (bicyclic) bond motifs is 2. The molecular weight excluding hydrogens is 869 g/mol. The monoisotopic (exact) mass is 930 g/mol. The highest BCUT2D eigenvalue weighted by molar-refractivity contribution is 5.59. The van der Waals surface area contributed by atoms with Crippen molar-refractivity contribution in [1.29, 1.82) is 0 Å². The van der Waals surface area contributed by atoms with E-state index in [1.165, 1.54) is 18.2 Å². The van der Waals surface area contributed by atoms with Gasteiger partial charge in [-0.15, -0.1) is 0 Å². The molecule has 2 saturated heterocycles. The van der Waals surface area contributed by atoms with E-state index in [0.29, 0.717) is 62.2 Å². The van der Waals surface area contributed by atoms with Gasteiger partial charge in [-0.05, 0) is 119 Å². The molecule has 67 heavy (non-hydrogen) atoms. The minimum absolute atomic E-state index is 0. The van der Waals surface area contributed by atoms with Crippen LogP contribution >= 0.6 is 0 Å². The number of aliphatic hydroxyl groups is 7. The highest BCUT2D eigenvalue weighted by atomic mass is 16.7. The van der Waals surface area contributed by atoms with Gasteiger partial charge in [0.1, 0.15) is 94.1 Å². The Hall–Kier alpha value is -5.01. The Morgan fingerprint density at radius 3 is 1.42 bits per heavy atom. The van der Waals surface area contributed by atoms with Gasteiger partial charge in [0.25, 0.3) is 0 Å². The van der Waals surface area contributed by atoms with Crippen LogP contribution in [0, 0.1) is 0 Å². The van der Waals surface area contributed by atoms with E-state index >= 15 is 0 Å². The molecule has 4 heterocycles. The maximum Gasteiger partial charge on any atom is 0.508 e. The molecule has 0 amide bonds. The van der Waals surface area contributed by atoms with Crippen molar-refractivity contribution in [3.05, 3.63) is 117 Å². The van der Waals surface area contributed by atoms with Crippen LogP contribution in [-0.4, -0.2) is 137 Å². The molecule has 0 bridgehead atoms. The lowest BCUT2D eigenvalue weighted by Gasteiger charge is -2.40. The topological polar surface area (TPSA) is 233 Å². The maximum absolute atomic E-state index is 11.4. The molecule has 4 aromatic rings. The number of carbonyl (C=O) groups excluding carboxylic acids is 1. The molecule has 4 fully saturated rings. The van der Waals surface area contributed by atoms with Crippen LogP contribution in [0.2, 0.25) is 0 Å². The summed E-state index contributed by atoms with van der Waals surface area (Å²) in [5.74, 6) is 4.02. The lowest BCUT2D eigenvalue weighted by molar-refractivity contribution is -0.232. The first kappa shape index (κ1) is 48.4. The van der Waals surface area contributed by atoms with Crippen LogP contribution < -0.4 is 18.9 Å². The number of ether oxygens (including phenoxy) is 8. The number of aliphatic hydroxyl groups excluding tert-OH is 7. The van der Waals surface area contributed by atoms with E-state index in [1.807, 2.05) is 66.7 Å². The van der Waals surface area contributed by atoms with Crippen molar-refractivity contribution in [2.24, 2.45) is 0 Å². The van der Waals surface area contributed by atoms with Crippen molar-refractivity contribution in [3.63, 3.8) is 0 Å². The fourth-order valence-electron chi connectivity index (χ4n) is 9.28. The molecule has 0 spiro atoms. The largest absolute Gasteiger partial charge is 0.508 e. The molecule has 10 atom stereocenters. The molecule has 16 nitrogen and oxygen atoms in total. The van der Waals surface area contributed by atoms with Crippen LogP contribution in [-0.2, 0) is 31.8 Å². The highest BCUT2D eigenvalue weighted by Crippen LogP contribution is 2.46. The van der Waals surface area contributed by atoms with Crippen LogP contribution in [0.5, 0.6) is 23.0 Å². The second-order valence-electron chi connectivity index (χ2n) is 17.9. The SMILES string of the molecule is C.COC(=O)OC[C@H]1O[C@@H](c2ccc(C3CC3)c(Cc3ccc4c(c3)OCCO4)c2)[C@H](O)[C@@H](O)[C@@H]1O.OC[C@H]1O[C@@H](c2ccc(C3CC3)c(Cc3ccc4c(c3)OCCO4)c2)[C@H](O)[C@@H](O)[C@@H]1O. The zero-order valence-corrected chi connectivity index (χ0v) is 36.6. The van der Waals surface area contributed by atoms with Crippen molar-refractivity contribution in [2.75, 3.05) is 46.8 Å². The third kappa shape index (κ3) is 10.8. The van der Waals surface area contributed by atoms with E-state index in [4.69, 9.17) is 33.2 Å². The van der Waals surface area contributed by atoms with Crippen molar-refractivity contribution in [2.45, 2.75) is 119 Å². The zero-order valence-electron chi connectivity index (χ0n) is 36.6. The van der Waals surface area contributed by atoms with Gasteiger partial charge >= 0.3 is 6.16 Å². The Bertz CT molecular complexity index is 2330. The third-order valence-corrected chi connectivity index (χ3v) is 13.2. The first-order valence-electron chi connectivity index (χ1n) is 22.7. The smallest absolute Gasteiger partial charge is 0.486 e. The van der Waals surface area contributed by atoms with Crippen molar-refractivity contribution < 1.29 is 78.4 Å². The number of rotatable bonds is 11. The summed E-state index contributed by atoms with van der Waals surface area (Å²) in [5, 5.41) is 71.8. The van der Waals surface area contributed by atoms with Gasteiger partial charge in [0.2, 0.25) is 0 Å². The summed E-state index contributed by atoms with van der Waals surface area (Å²) in [6.07, 6.45) is -6.97. The second kappa shape index (κ2) is 21.1. The Labute approximate surface area is 389 Å². The molecule has 362 valence electrons. The summed E-state index contributed by atoms with van der Waals surface area (Å²) in [6, 6.07) is 23.8. The lowest BCUT2D eigenvalue weighted by Crippen LogP contribution is -2.55. The Balaban J connectivity index is 0.000000180. The molecule has 4 aromatic carbocycles. The fourth-order valence-corrected chi connectivity index (χ4v) is 9.28. The molecule has 0 unspecified atom stereocenters.